The van der Waals surface area contributed by atoms with Crippen LogP contribution in [0.5, 0.6) is 0 Å². The molecule has 0 unspecified atom stereocenters. The van der Waals surface area contributed by atoms with E-state index < -0.39 is 0 Å². The Morgan fingerprint density at radius 3 is 2.61 bits per heavy atom. The fraction of sp³-hybridized carbons (Fsp3) is 0.111. The van der Waals surface area contributed by atoms with E-state index >= 15 is 0 Å². The molecule has 2 heterocycles. The minimum Gasteiger partial charge on any atom is -0.438 e. The van der Waals surface area contributed by atoms with Gasteiger partial charge < -0.3 is 4.42 Å². The van der Waals surface area contributed by atoms with Gasteiger partial charge in [-0.3, -0.25) is 14.7 Å². The Labute approximate surface area is 131 Å². The first kappa shape index (κ1) is 13.6. The molecule has 23 heavy (non-hydrogen) atoms. The zero-order chi connectivity index (χ0) is 16.1. The van der Waals surface area contributed by atoms with E-state index in [0.717, 1.165) is 22.4 Å². The molecule has 2 aliphatic rings. The maximum atomic E-state index is 12.7. The second-order valence-electron chi connectivity index (χ2n) is 5.73. The van der Waals surface area contributed by atoms with E-state index in [0.29, 0.717) is 16.9 Å². The predicted octanol–water partition coefficient (Wildman–Crippen LogP) is 2.99. The molecule has 5 heteroatoms. The second kappa shape index (κ2) is 4.71. The lowest BCUT2D eigenvalue weighted by Gasteiger charge is -2.06. The standard InChI is InChI=1S/C18H14N2O3/c1-10-3-6-15(11(2)7-10)20-18(22)14-8-12-4-5-13(21)9-16(12)23-17(14)19-20/h3-9,19H,1-2H3. The fourth-order valence-corrected chi connectivity index (χ4v) is 2.85. The first-order chi connectivity index (χ1) is 11.0. The third kappa shape index (κ3) is 2.09. The molecule has 1 N–H and O–H groups in total. The van der Waals surface area contributed by atoms with Gasteiger partial charge in [0.1, 0.15) is 11.1 Å². The molecular weight excluding hydrogens is 292 g/mol. The highest BCUT2D eigenvalue weighted by Gasteiger charge is 2.15. The van der Waals surface area contributed by atoms with Gasteiger partial charge in [-0.2, -0.15) is 0 Å². The van der Waals surface area contributed by atoms with E-state index in [1.165, 1.54) is 16.8 Å². The maximum absolute atomic E-state index is 12.7. The monoisotopic (exact) mass is 306 g/mol. The summed E-state index contributed by atoms with van der Waals surface area (Å²) >= 11 is 0. The van der Waals surface area contributed by atoms with Crippen LogP contribution in [0.2, 0.25) is 0 Å². The first-order valence-corrected chi connectivity index (χ1v) is 7.29. The van der Waals surface area contributed by atoms with E-state index in [2.05, 4.69) is 5.10 Å². The van der Waals surface area contributed by atoms with Gasteiger partial charge in [0.2, 0.25) is 5.71 Å². The Morgan fingerprint density at radius 1 is 1.00 bits per heavy atom. The van der Waals surface area contributed by atoms with Crippen molar-refractivity contribution >= 4 is 11.1 Å². The highest BCUT2D eigenvalue weighted by atomic mass is 16.3. The zero-order valence-electron chi connectivity index (χ0n) is 12.7. The number of nitrogens with one attached hydrogen (secondary N) is 1. The Kier molecular flexibility index (Phi) is 2.78. The quantitative estimate of drug-likeness (QED) is 0.588. The van der Waals surface area contributed by atoms with Crippen LogP contribution in [0.1, 0.15) is 11.1 Å². The molecule has 0 atom stereocenters. The molecule has 0 amide bonds. The lowest BCUT2D eigenvalue weighted by atomic mass is 10.1. The van der Waals surface area contributed by atoms with Crippen molar-refractivity contribution in [3.05, 3.63) is 74.2 Å². The van der Waals surface area contributed by atoms with E-state index in [1.807, 2.05) is 32.0 Å². The van der Waals surface area contributed by atoms with Crippen LogP contribution in [-0.2, 0) is 0 Å². The van der Waals surface area contributed by atoms with Crippen LogP contribution in [0.15, 0.2) is 56.5 Å². The summed E-state index contributed by atoms with van der Waals surface area (Å²) in [6.07, 6.45) is 0. The molecular formula is C18H14N2O3. The van der Waals surface area contributed by atoms with Gasteiger partial charge in [-0.25, -0.2) is 4.68 Å². The maximum Gasteiger partial charge on any atom is 0.282 e. The molecule has 2 aromatic rings. The summed E-state index contributed by atoms with van der Waals surface area (Å²) in [5, 5.41) is 3.44. The SMILES string of the molecule is Cc1ccc(-n2[nH]c3oc4cc(=O)ccc-4cc3c2=O)c(C)c1. The average Bonchev–Trinajstić information content (AvgIpc) is 2.81. The summed E-state index contributed by atoms with van der Waals surface area (Å²) in [7, 11) is 0. The lowest BCUT2D eigenvalue weighted by molar-refractivity contribution is 0.597. The summed E-state index contributed by atoms with van der Waals surface area (Å²) in [6, 6.07) is 12.2. The van der Waals surface area contributed by atoms with Crippen molar-refractivity contribution in [3.63, 3.8) is 0 Å². The fourth-order valence-electron chi connectivity index (χ4n) is 2.85. The van der Waals surface area contributed by atoms with Gasteiger partial charge in [-0.15, -0.1) is 0 Å². The normalized spacial score (nSPS) is 11.4. The second-order valence-corrected chi connectivity index (χ2v) is 5.73. The van der Waals surface area contributed by atoms with Crippen LogP contribution in [0.3, 0.4) is 0 Å². The highest BCUT2D eigenvalue weighted by molar-refractivity contribution is 5.80. The molecule has 1 aliphatic carbocycles. The van der Waals surface area contributed by atoms with Gasteiger partial charge in [-0.05, 0) is 43.7 Å². The third-order valence-electron chi connectivity index (χ3n) is 3.98. The van der Waals surface area contributed by atoms with Crippen molar-refractivity contribution in [1.82, 2.24) is 9.78 Å². The first-order valence-electron chi connectivity index (χ1n) is 7.29. The average molecular weight is 306 g/mol. The number of aromatic nitrogens is 2. The molecule has 0 spiro atoms. The van der Waals surface area contributed by atoms with Gasteiger partial charge in [0.25, 0.3) is 5.56 Å². The van der Waals surface area contributed by atoms with Crippen LogP contribution < -0.4 is 11.0 Å². The number of benzene rings is 2. The molecule has 1 aromatic heterocycles. The number of nitrogens with zero attached hydrogens (tertiary/aromatic N) is 1. The van der Waals surface area contributed by atoms with Gasteiger partial charge >= 0.3 is 0 Å². The predicted molar refractivity (Wildman–Crippen MR) is 88.5 cm³/mol. The van der Waals surface area contributed by atoms with Crippen molar-refractivity contribution in [2.24, 2.45) is 0 Å². The van der Waals surface area contributed by atoms with Crippen LogP contribution in [0.4, 0.5) is 0 Å². The summed E-state index contributed by atoms with van der Waals surface area (Å²) in [5.74, 6) is 0.457. The molecule has 4 rings (SSSR count). The van der Waals surface area contributed by atoms with Gasteiger partial charge in [0.05, 0.1) is 5.69 Å². The minimum atomic E-state index is -0.177. The molecule has 0 saturated heterocycles. The molecule has 1 aromatic carbocycles. The molecule has 114 valence electrons. The van der Waals surface area contributed by atoms with Gasteiger partial charge in [0, 0.05) is 11.6 Å². The van der Waals surface area contributed by atoms with Gasteiger partial charge in [-0.1, -0.05) is 17.7 Å². The Morgan fingerprint density at radius 2 is 1.83 bits per heavy atom. The van der Waals surface area contributed by atoms with Crippen molar-refractivity contribution in [2.45, 2.75) is 13.8 Å². The molecule has 0 saturated carbocycles. The van der Waals surface area contributed by atoms with Crippen molar-refractivity contribution in [2.75, 3.05) is 0 Å². The number of fused-ring (bicyclic) bond motifs is 2. The Bertz CT molecular complexity index is 1130. The third-order valence-corrected chi connectivity index (χ3v) is 3.98. The van der Waals surface area contributed by atoms with Crippen molar-refractivity contribution in [3.8, 4) is 17.0 Å². The van der Waals surface area contributed by atoms with E-state index in [4.69, 9.17) is 4.42 Å². The van der Waals surface area contributed by atoms with Crippen LogP contribution in [0, 0.1) is 13.8 Å². The van der Waals surface area contributed by atoms with Crippen molar-refractivity contribution < 1.29 is 4.42 Å². The zero-order valence-corrected chi connectivity index (χ0v) is 12.7. The number of H-pyrrole nitrogens is 1. The number of aromatic amines is 1. The number of hydrogen-bond acceptors (Lipinski definition) is 3. The summed E-state index contributed by atoms with van der Waals surface area (Å²) in [5.41, 5.74) is 3.68. The molecule has 5 nitrogen and oxygen atoms in total. The summed E-state index contributed by atoms with van der Waals surface area (Å²) < 4.78 is 7.17. The van der Waals surface area contributed by atoms with E-state index in [-0.39, 0.29) is 11.0 Å². The minimum absolute atomic E-state index is 0.128. The van der Waals surface area contributed by atoms with Crippen molar-refractivity contribution in [1.29, 1.82) is 0 Å². The van der Waals surface area contributed by atoms with Crippen LogP contribution in [-0.4, -0.2) is 9.78 Å². The van der Waals surface area contributed by atoms with E-state index in [1.54, 1.807) is 12.1 Å². The van der Waals surface area contributed by atoms with Gasteiger partial charge in [0.15, 0.2) is 5.43 Å². The number of rotatable bonds is 1. The summed E-state index contributed by atoms with van der Waals surface area (Å²) in [4.78, 5) is 24.1. The largest absolute Gasteiger partial charge is 0.438 e. The number of hydrogen-bond donors (Lipinski definition) is 1. The highest BCUT2D eigenvalue weighted by Crippen LogP contribution is 2.25. The Hall–Kier alpha value is -3.08. The smallest absolute Gasteiger partial charge is 0.282 e. The van der Waals surface area contributed by atoms with E-state index in [9.17, 15) is 9.59 Å². The van der Waals surface area contributed by atoms with Crippen LogP contribution in [0.25, 0.3) is 28.1 Å². The molecule has 1 aliphatic heterocycles. The Balaban J connectivity index is 2.04. The summed E-state index contributed by atoms with van der Waals surface area (Å²) in [6.45, 7) is 3.96. The topological polar surface area (TPSA) is 68.0 Å². The number of aryl methyl sites for hydroxylation is 2. The molecule has 0 radical (unpaired) electrons. The lowest BCUT2D eigenvalue weighted by Crippen LogP contribution is -2.15. The molecule has 0 bridgehead atoms. The van der Waals surface area contributed by atoms with Crippen LogP contribution >= 0.6 is 0 Å². The molecule has 0 fully saturated rings.